The summed E-state index contributed by atoms with van der Waals surface area (Å²) in [4.78, 5) is 37.5. The highest BCUT2D eigenvalue weighted by atomic mass is 16.6. The smallest absolute Gasteiger partial charge is 0.408 e. The molecule has 0 radical (unpaired) electrons. The molecule has 2 rings (SSSR count). The molecule has 150 valence electrons. The molecule has 0 aliphatic heterocycles. The fourth-order valence-corrected chi connectivity index (χ4v) is 2.27. The Bertz CT molecular complexity index is 851. The van der Waals surface area contributed by atoms with Crippen molar-refractivity contribution in [1.29, 1.82) is 0 Å². The normalized spacial score (nSPS) is 11.4. The van der Waals surface area contributed by atoms with Crippen molar-refractivity contribution in [2.75, 3.05) is 14.2 Å². The first-order chi connectivity index (χ1) is 13.3. The number of oxazole rings is 1. The number of carboxylic acids is 1. The SMILES string of the molecule is COc1cc(COC(=O)N[C@@H](Cc2cnco2)C(=O)O)c([N+](=O)[O-])cc1OC. The Morgan fingerprint density at radius 1 is 1.32 bits per heavy atom. The van der Waals surface area contributed by atoms with Crippen LogP contribution in [-0.4, -0.2) is 47.3 Å². The van der Waals surface area contributed by atoms with Crippen LogP contribution in [0.5, 0.6) is 11.5 Å². The molecule has 1 amide bonds. The molecule has 0 spiro atoms. The van der Waals surface area contributed by atoms with Crippen molar-refractivity contribution in [3.05, 3.63) is 46.2 Å². The minimum atomic E-state index is -1.33. The molecule has 0 saturated carbocycles. The van der Waals surface area contributed by atoms with Gasteiger partial charge >= 0.3 is 12.1 Å². The molecule has 0 aliphatic carbocycles. The average Bonchev–Trinajstić information content (AvgIpc) is 3.17. The zero-order valence-electron chi connectivity index (χ0n) is 14.9. The molecular formula is C16H17N3O9. The zero-order chi connectivity index (χ0) is 20.7. The van der Waals surface area contributed by atoms with Gasteiger partial charge in [0.15, 0.2) is 17.9 Å². The van der Waals surface area contributed by atoms with Gasteiger partial charge in [0.05, 0.1) is 37.0 Å². The maximum atomic E-state index is 11.9. The number of carbonyl (C=O) groups is 2. The van der Waals surface area contributed by atoms with Gasteiger partial charge in [0, 0.05) is 6.42 Å². The maximum Gasteiger partial charge on any atom is 0.408 e. The summed E-state index contributed by atoms with van der Waals surface area (Å²) in [7, 11) is 2.67. The van der Waals surface area contributed by atoms with Crippen LogP contribution < -0.4 is 14.8 Å². The third kappa shape index (κ3) is 5.09. The number of alkyl carbamates (subject to hydrolysis) is 1. The topological polar surface area (TPSA) is 163 Å². The molecule has 28 heavy (non-hydrogen) atoms. The Balaban J connectivity index is 2.08. The predicted octanol–water partition coefficient (Wildman–Crippen LogP) is 1.52. The highest BCUT2D eigenvalue weighted by molar-refractivity contribution is 5.80. The summed E-state index contributed by atoms with van der Waals surface area (Å²) in [5, 5.41) is 22.6. The van der Waals surface area contributed by atoms with Gasteiger partial charge < -0.3 is 29.1 Å². The van der Waals surface area contributed by atoms with Crippen molar-refractivity contribution >= 4 is 17.7 Å². The number of carbonyl (C=O) groups excluding carboxylic acids is 1. The second-order valence-corrected chi connectivity index (χ2v) is 5.38. The number of nitrogens with one attached hydrogen (secondary N) is 1. The highest BCUT2D eigenvalue weighted by Gasteiger charge is 2.24. The predicted molar refractivity (Wildman–Crippen MR) is 91.2 cm³/mol. The Kier molecular flexibility index (Phi) is 6.73. The molecule has 0 unspecified atom stereocenters. The number of nitrogens with zero attached hydrogens (tertiary/aromatic N) is 2. The summed E-state index contributed by atoms with van der Waals surface area (Å²) in [6.07, 6.45) is 1.22. The third-order valence-electron chi connectivity index (χ3n) is 3.62. The lowest BCUT2D eigenvalue weighted by Crippen LogP contribution is -2.42. The minimum Gasteiger partial charge on any atom is -0.493 e. The van der Waals surface area contributed by atoms with Gasteiger partial charge in [0.1, 0.15) is 18.4 Å². The van der Waals surface area contributed by atoms with Gasteiger partial charge in [-0.1, -0.05) is 0 Å². The summed E-state index contributed by atoms with van der Waals surface area (Å²) in [5.74, 6) is -0.713. The van der Waals surface area contributed by atoms with Crippen LogP contribution in [0.25, 0.3) is 0 Å². The number of nitro groups is 1. The standard InChI is InChI=1S/C16H17N3O9/c1-25-13-3-9(12(19(23)24)5-14(13)26-2)7-27-16(22)18-11(15(20)21)4-10-6-17-8-28-10/h3,5-6,8,11H,4,7H2,1-2H3,(H,18,22)(H,20,21)/t11-/m0/s1. The van der Waals surface area contributed by atoms with E-state index >= 15 is 0 Å². The van der Waals surface area contributed by atoms with Crippen molar-refractivity contribution in [3.63, 3.8) is 0 Å². The minimum absolute atomic E-state index is 0.0416. The second-order valence-electron chi connectivity index (χ2n) is 5.38. The van der Waals surface area contributed by atoms with Crippen molar-refractivity contribution in [2.45, 2.75) is 19.1 Å². The number of aliphatic carboxylic acids is 1. The van der Waals surface area contributed by atoms with Crippen LogP contribution in [0.4, 0.5) is 10.5 Å². The van der Waals surface area contributed by atoms with Gasteiger partial charge in [-0.3, -0.25) is 10.1 Å². The molecule has 2 aromatic rings. The molecular weight excluding hydrogens is 378 g/mol. The van der Waals surface area contributed by atoms with Gasteiger partial charge in [-0.15, -0.1) is 0 Å². The number of nitro benzene ring substituents is 1. The Morgan fingerprint density at radius 3 is 2.54 bits per heavy atom. The third-order valence-corrected chi connectivity index (χ3v) is 3.62. The number of carboxylic acid groups (broad SMARTS) is 1. The lowest BCUT2D eigenvalue weighted by molar-refractivity contribution is -0.385. The van der Waals surface area contributed by atoms with Gasteiger partial charge in [-0.05, 0) is 6.07 Å². The van der Waals surface area contributed by atoms with E-state index in [2.05, 4.69) is 10.3 Å². The first-order valence-electron chi connectivity index (χ1n) is 7.78. The van der Waals surface area contributed by atoms with E-state index in [-0.39, 0.29) is 34.9 Å². The fraction of sp³-hybridized carbons (Fsp3) is 0.312. The molecule has 0 bridgehead atoms. The molecule has 1 atom stereocenters. The van der Waals surface area contributed by atoms with Crippen molar-refractivity contribution in [3.8, 4) is 11.5 Å². The van der Waals surface area contributed by atoms with E-state index in [4.69, 9.17) is 18.6 Å². The van der Waals surface area contributed by atoms with E-state index < -0.39 is 29.6 Å². The van der Waals surface area contributed by atoms with Crippen molar-refractivity contribution in [1.82, 2.24) is 10.3 Å². The van der Waals surface area contributed by atoms with E-state index in [1.807, 2.05) is 0 Å². The molecule has 0 saturated heterocycles. The van der Waals surface area contributed by atoms with Crippen LogP contribution in [0.2, 0.25) is 0 Å². The number of hydrogen-bond acceptors (Lipinski definition) is 9. The van der Waals surface area contributed by atoms with E-state index in [0.29, 0.717) is 0 Å². The van der Waals surface area contributed by atoms with E-state index in [1.54, 1.807) is 0 Å². The van der Waals surface area contributed by atoms with E-state index in [1.165, 1.54) is 26.5 Å². The second kappa shape index (κ2) is 9.21. The van der Waals surface area contributed by atoms with Crippen molar-refractivity contribution in [2.24, 2.45) is 0 Å². The monoisotopic (exact) mass is 395 g/mol. The number of hydrogen-bond donors (Lipinski definition) is 2. The van der Waals surface area contributed by atoms with Crippen LogP contribution in [0.15, 0.2) is 29.1 Å². The summed E-state index contributed by atoms with van der Waals surface area (Å²) in [5.41, 5.74) is -0.304. The molecule has 0 aliphatic rings. The van der Waals surface area contributed by atoms with Gasteiger partial charge in [0.25, 0.3) is 5.69 Å². The first kappa shape index (κ1) is 20.5. The number of ether oxygens (including phenoxy) is 3. The molecule has 1 aromatic heterocycles. The summed E-state index contributed by atoms with van der Waals surface area (Å²) < 4.78 is 20.0. The van der Waals surface area contributed by atoms with Crippen LogP contribution in [0.3, 0.4) is 0 Å². The van der Waals surface area contributed by atoms with Gasteiger partial charge in [-0.25, -0.2) is 14.6 Å². The Morgan fingerprint density at radius 2 is 2.00 bits per heavy atom. The molecule has 0 fully saturated rings. The fourth-order valence-electron chi connectivity index (χ4n) is 2.27. The number of rotatable bonds is 9. The van der Waals surface area contributed by atoms with Crippen molar-refractivity contribution < 1.29 is 38.2 Å². The number of methoxy groups -OCH3 is 2. The molecule has 2 N–H and O–H groups in total. The van der Waals surface area contributed by atoms with E-state index in [0.717, 1.165) is 12.5 Å². The van der Waals surface area contributed by atoms with Crippen LogP contribution >= 0.6 is 0 Å². The Labute approximate surface area is 158 Å². The van der Waals surface area contributed by atoms with E-state index in [9.17, 15) is 24.8 Å². The largest absolute Gasteiger partial charge is 0.493 e. The zero-order valence-corrected chi connectivity index (χ0v) is 14.9. The Hall–Kier alpha value is -3.83. The molecule has 12 nitrogen and oxygen atoms in total. The quantitative estimate of drug-likeness (QED) is 0.470. The summed E-state index contributed by atoms with van der Waals surface area (Å²) in [6.45, 7) is -0.489. The van der Waals surface area contributed by atoms with Gasteiger partial charge in [-0.2, -0.15) is 0 Å². The lowest BCUT2D eigenvalue weighted by Gasteiger charge is -2.14. The highest BCUT2D eigenvalue weighted by Crippen LogP contribution is 2.34. The maximum absolute atomic E-state index is 11.9. The van der Waals surface area contributed by atoms with Crippen LogP contribution in [0.1, 0.15) is 11.3 Å². The molecule has 1 heterocycles. The number of benzene rings is 1. The first-order valence-corrected chi connectivity index (χ1v) is 7.78. The van der Waals surface area contributed by atoms with Crippen LogP contribution in [-0.2, 0) is 22.6 Å². The number of aromatic nitrogens is 1. The summed E-state index contributed by atoms with van der Waals surface area (Å²) in [6, 6.07) is 1.10. The lowest BCUT2D eigenvalue weighted by atomic mass is 10.1. The van der Waals surface area contributed by atoms with Gasteiger partial charge in [0.2, 0.25) is 0 Å². The van der Waals surface area contributed by atoms with Crippen LogP contribution in [0, 0.1) is 10.1 Å². The molecule has 1 aromatic carbocycles. The number of amides is 1. The summed E-state index contributed by atoms with van der Waals surface area (Å²) >= 11 is 0. The average molecular weight is 395 g/mol. The molecule has 12 heteroatoms.